The van der Waals surface area contributed by atoms with Crippen LogP contribution in [0.3, 0.4) is 0 Å². The van der Waals surface area contributed by atoms with Crippen LogP contribution >= 0.6 is 0 Å². The van der Waals surface area contributed by atoms with Gasteiger partial charge >= 0.3 is 0 Å². The largest absolute Gasteiger partial charge is 0.339 e. The Labute approximate surface area is 149 Å². The Morgan fingerprint density at radius 1 is 1.19 bits per heavy atom. The molecule has 0 bridgehead atoms. The number of nitro benzene ring substituents is 1. The lowest BCUT2D eigenvalue weighted by Gasteiger charge is -2.03. The summed E-state index contributed by atoms with van der Waals surface area (Å²) in [6.45, 7) is 1.96. The van der Waals surface area contributed by atoms with Gasteiger partial charge in [-0.3, -0.25) is 14.9 Å². The highest BCUT2D eigenvalue weighted by Crippen LogP contribution is 2.20. The molecule has 0 saturated carbocycles. The first kappa shape index (κ1) is 17.3. The zero-order chi connectivity index (χ0) is 18.5. The van der Waals surface area contributed by atoms with Gasteiger partial charge in [-0.1, -0.05) is 29.4 Å². The van der Waals surface area contributed by atoms with E-state index >= 15 is 0 Å². The number of aromatic nitrogens is 2. The lowest BCUT2D eigenvalue weighted by molar-refractivity contribution is -0.384. The standard InChI is InChI=1S/C18H16N4O4/c1-12-4-2-3-5-15(12)18-20-17(26-21-18)11-10-16(23)19-13-6-8-14(9-7-13)22(24)25/h2-9H,10-11H2,1H3,(H,19,23). The van der Waals surface area contributed by atoms with Crippen molar-refractivity contribution < 1.29 is 14.2 Å². The molecule has 1 aromatic heterocycles. The third kappa shape index (κ3) is 4.10. The molecule has 0 fully saturated rings. The topological polar surface area (TPSA) is 111 Å². The quantitative estimate of drug-likeness (QED) is 0.536. The number of rotatable bonds is 6. The Bertz CT molecular complexity index is 934. The lowest BCUT2D eigenvalue weighted by Crippen LogP contribution is -2.12. The molecule has 8 nitrogen and oxygen atoms in total. The first-order valence-electron chi connectivity index (χ1n) is 7.96. The smallest absolute Gasteiger partial charge is 0.269 e. The Morgan fingerprint density at radius 2 is 1.92 bits per heavy atom. The molecule has 0 aliphatic carbocycles. The molecule has 1 heterocycles. The van der Waals surface area contributed by atoms with Gasteiger partial charge in [-0.2, -0.15) is 4.98 Å². The second kappa shape index (κ2) is 7.56. The Morgan fingerprint density at radius 3 is 2.62 bits per heavy atom. The van der Waals surface area contributed by atoms with E-state index in [1.165, 1.54) is 24.3 Å². The number of nitrogens with one attached hydrogen (secondary N) is 1. The summed E-state index contributed by atoms with van der Waals surface area (Å²) >= 11 is 0. The maximum Gasteiger partial charge on any atom is 0.269 e. The fraction of sp³-hybridized carbons (Fsp3) is 0.167. The van der Waals surface area contributed by atoms with Gasteiger partial charge in [-0.05, 0) is 24.6 Å². The van der Waals surface area contributed by atoms with Crippen molar-refractivity contribution in [1.29, 1.82) is 0 Å². The van der Waals surface area contributed by atoms with Crippen LogP contribution in [0, 0.1) is 17.0 Å². The number of amides is 1. The van der Waals surface area contributed by atoms with E-state index in [0.29, 0.717) is 23.8 Å². The van der Waals surface area contributed by atoms with Crippen LogP contribution in [0.15, 0.2) is 53.1 Å². The second-order valence-corrected chi connectivity index (χ2v) is 5.68. The van der Waals surface area contributed by atoms with E-state index in [0.717, 1.165) is 11.1 Å². The van der Waals surface area contributed by atoms with Crippen molar-refractivity contribution in [1.82, 2.24) is 10.1 Å². The van der Waals surface area contributed by atoms with E-state index in [2.05, 4.69) is 15.5 Å². The van der Waals surface area contributed by atoms with Gasteiger partial charge in [0.05, 0.1) is 4.92 Å². The molecule has 0 aliphatic heterocycles. The number of nitro groups is 1. The summed E-state index contributed by atoms with van der Waals surface area (Å²) in [5.74, 6) is 0.630. The molecular formula is C18H16N4O4. The normalized spacial score (nSPS) is 10.5. The summed E-state index contributed by atoms with van der Waals surface area (Å²) in [6.07, 6.45) is 0.462. The van der Waals surface area contributed by atoms with Gasteiger partial charge < -0.3 is 9.84 Å². The van der Waals surface area contributed by atoms with Crippen LogP contribution in [0.25, 0.3) is 11.4 Å². The molecule has 3 aromatic rings. The maximum atomic E-state index is 12.0. The molecule has 0 spiro atoms. The number of non-ortho nitro benzene ring substituents is 1. The number of aryl methyl sites for hydroxylation is 2. The number of hydrogen-bond donors (Lipinski definition) is 1. The minimum Gasteiger partial charge on any atom is -0.339 e. The molecule has 0 radical (unpaired) electrons. The Balaban J connectivity index is 1.56. The fourth-order valence-electron chi connectivity index (χ4n) is 2.40. The van der Waals surface area contributed by atoms with Crippen LogP contribution < -0.4 is 5.32 Å². The molecule has 2 aromatic carbocycles. The van der Waals surface area contributed by atoms with Crippen molar-refractivity contribution in [2.45, 2.75) is 19.8 Å². The summed E-state index contributed by atoms with van der Waals surface area (Å²) in [5.41, 5.74) is 2.39. The summed E-state index contributed by atoms with van der Waals surface area (Å²) in [4.78, 5) is 26.4. The molecule has 0 atom stereocenters. The van der Waals surface area contributed by atoms with E-state index in [-0.39, 0.29) is 18.0 Å². The predicted molar refractivity (Wildman–Crippen MR) is 94.5 cm³/mol. The highest BCUT2D eigenvalue weighted by Gasteiger charge is 2.12. The highest BCUT2D eigenvalue weighted by atomic mass is 16.6. The molecule has 8 heteroatoms. The fourth-order valence-corrected chi connectivity index (χ4v) is 2.40. The second-order valence-electron chi connectivity index (χ2n) is 5.68. The van der Waals surface area contributed by atoms with Gasteiger partial charge in [0.1, 0.15) is 0 Å². The first-order valence-corrected chi connectivity index (χ1v) is 7.96. The van der Waals surface area contributed by atoms with Crippen molar-refractivity contribution in [3.8, 4) is 11.4 Å². The van der Waals surface area contributed by atoms with Crippen molar-refractivity contribution in [3.63, 3.8) is 0 Å². The van der Waals surface area contributed by atoms with Crippen molar-refractivity contribution in [2.24, 2.45) is 0 Å². The monoisotopic (exact) mass is 352 g/mol. The van der Waals surface area contributed by atoms with Crippen LogP contribution in [-0.2, 0) is 11.2 Å². The predicted octanol–water partition coefficient (Wildman–Crippen LogP) is 3.52. The zero-order valence-corrected chi connectivity index (χ0v) is 14.0. The molecule has 26 heavy (non-hydrogen) atoms. The summed E-state index contributed by atoms with van der Waals surface area (Å²) in [5, 5.41) is 17.2. The molecule has 0 unspecified atom stereocenters. The van der Waals surface area contributed by atoms with Crippen LogP contribution in [0.5, 0.6) is 0 Å². The maximum absolute atomic E-state index is 12.0. The average molecular weight is 352 g/mol. The third-order valence-electron chi connectivity index (χ3n) is 3.78. The van der Waals surface area contributed by atoms with Crippen molar-refractivity contribution in [3.05, 3.63) is 70.1 Å². The lowest BCUT2D eigenvalue weighted by atomic mass is 10.1. The van der Waals surface area contributed by atoms with Crippen LogP contribution in [0.2, 0.25) is 0 Å². The zero-order valence-electron chi connectivity index (χ0n) is 14.0. The SMILES string of the molecule is Cc1ccccc1-c1noc(CCC(=O)Nc2ccc([N+](=O)[O-])cc2)n1. The van der Waals surface area contributed by atoms with Gasteiger partial charge in [0.15, 0.2) is 0 Å². The van der Waals surface area contributed by atoms with E-state index in [4.69, 9.17) is 4.52 Å². The van der Waals surface area contributed by atoms with Crippen molar-refractivity contribution in [2.75, 3.05) is 5.32 Å². The molecule has 132 valence electrons. The Hall–Kier alpha value is -3.55. The molecule has 3 rings (SSSR count). The van der Waals surface area contributed by atoms with E-state index in [1.807, 2.05) is 31.2 Å². The highest BCUT2D eigenvalue weighted by molar-refractivity contribution is 5.90. The Kier molecular flexibility index (Phi) is 5.02. The number of carbonyl (C=O) groups is 1. The van der Waals surface area contributed by atoms with Gasteiger partial charge in [-0.15, -0.1) is 0 Å². The van der Waals surface area contributed by atoms with Gasteiger partial charge in [0.25, 0.3) is 5.69 Å². The van der Waals surface area contributed by atoms with E-state index < -0.39 is 4.92 Å². The molecular weight excluding hydrogens is 336 g/mol. The number of carbonyl (C=O) groups excluding carboxylic acids is 1. The van der Waals surface area contributed by atoms with Crippen LogP contribution in [0.1, 0.15) is 17.9 Å². The van der Waals surface area contributed by atoms with Gasteiger partial charge in [0.2, 0.25) is 17.6 Å². The minimum atomic E-state index is -0.493. The molecule has 0 saturated heterocycles. The molecule has 0 aliphatic rings. The molecule has 1 N–H and O–H groups in total. The first-order chi connectivity index (χ1) is 12.5. The van der Waals surface area contributed by atoms with E-state index in [9.17, 15) is 14.9 Å². The molecule has 1 amide bonds. The number of nitrogens with zero attached hydrogens (tertiary/aromatic N) is 3. The van der Waals surface area contributed by atoms with E-state index in [1.54, 1.807) is 0 Å². The number of anilines is 1. The average Bonchev–Trinajstić information content (AvgIpc) is 3.09. The van der Waals surface area contributed by atoms with Gasteiger partial charge in [-0.25, -0.2) is 0 Å². The summed E-state index contributed by atoms with van der Waals surface area (Å²) < 4.78 is 5.20. The number of benzene rings is 2. The number of hydrogen-bond acceptors (Lipinski definition) is 6. The summed E-state index contributed by atoms with van der Waals surface area (Å²) in [7, 11) is 0. The minimum absolute atomic E-state index is 0.0300. The van der Waals surface area contributed by atoms with Gasteiger partial charge in [0, 0.05) is 36.2 Å². The van der Waals surface area contributed by atoms with Crippen molar-refractivity contribution >= 4 is 17.3 Å². The van der Waals surface area contributed by atoms with Crippen LogP contribution in [-0.4, -0.2) is 21.0 Å². The summed E-state index contributed by atoms with van der Waals surface area (Å²) in [6, 6.07) is 13.3. The van der Waals surface area contributed by atoms with Crippen LogP contribution in [0.4, 0.5) is 11.4 Å². The third-order valence-corrected chi connectivity index (χ3v) is 3.78.